The number of nitrogens with two attached hydrogens (primary N) is 1. The maximum atomic E-state index is 11.1. The van der Waals surface area contributed by atoms with E-state index in [-0.39, 0.29) is 0 Å². The number of rotatable bonds is 2. The van der Waals surface area contributed by atoms with Crippen LogP contribution >= 0.6 is 0 Å². The standard InChI is InChI=1S/C9H20N2O2S/c1-8(2)9-4-3-6-11(7-5-9)14(10,12)13/h8-9H,3-7H2,1-2H3,(H2,10,12,13). The van der Waals surface area contributed by atoms with E-state index in [2.05, 4.69) is 13.8 Å². The van der Waals surface area contributed by atoms with E-state index >= 15 is 0 Å². The third kappa shape index (κ3) is 3.22. The van der Waals surface area contributed by atoms with Crippen LogP contribution in [0.5, 0.6) is 0 Å². The predicted molar refractivity (Wildman–Crippen MR) is 56.9 cm³/mol. The molecule has 14 heavy (non-hydrogen) atoms. The van der Waals surface area contributed by atoms with E-state index in [9.17, 15) is 8.42 Å². The second kappa shape index (κ2) is 4.59. The van der Waals surface area contributed by atoms with Crippen molar-refractivity contribution in [3.63, 3.8) is 0 Å². The zero-order valence-electron chi connectivity index (χ0n) is 8.94. The fourth-order valence-electron chi connectivity index (χ4n) is 2.02. The third-order valence-corrected chi connectivity index (χ3v) is 4.12. The smallest absolute Gasteiger partial charge is 0.216 e. The Bertz CT molecular complexity index is 275. The molecule has 1 rings (SSSR count). The molecule has 1 atom stereocenters. The number of hydrogen-bond acceptors (Lipinski definition) is 2. The van der Waals surface area contributed by atoms with Gasteiger partial charge in [-0.25, -0.2) is 5.14 Å². The molecule has 5 heteroatoms. The topological polar surface area (TPSA) is 63.4 Å². The van der Waals surface area contributed by atoms with Crippen molar-refractivity contribution in [1.29, 1.82) is 0 Å². The zero-order valence-corrected chi connectivity index (χ0v) is 9.76. The van der Waals surface area contributed by atoms with Gasteiger partial charge in [0.15, 0.2) is 0 Å². The van der Waals surface area contributed by atoms with Crippen LogP contribution in [-0.2, 0) is 10.2 Å². The molecule has 0 aliphatic carbocycles. The summed E-state index contributed by atoms with van der Waals surface area (Å²) in [5, 5.41) is 5.10. The Labute approximate surface area is 86.6 Å². The van der Waals surface area contributed by atoms with E-state index in [4.69, 9.17) is 5.14 Å². The summed E-state index contributed by atoms with van der Waals surface area (Å²) in [6, 6.07) is 0. The van der Waals surface area contributed by atoms with Crippen LogP contribution in [0.3, 0.4) is 0 Å². The van der Waals surface area contributed by atoms with Crippen LogP contribution in [0.25, 0.3) is 0 Å². The molecule has 1 heterocycles. The number of nitrogens with zero attached hydrogens (tertiary/aromatic N) is 1. The van der Waals surface area contributed by atoms with E-state index in [1.165, 1.54) is 4.31 Å². The summed E-state index contributed by atoms with van der Waals surface area (Å²) in [4.78, 5) is 0. The Hall–Kier alpha value is -0.130. The first-order valence-electron chi connectivity index (χ1n) is 5.19. The molecular weight excluding hydrogens is 200 g/mol. The molecule has 0 aromatic heterocycles. The largest absolute Gasteiger partial charge is 0.276 e. The fourth-order valence-corrected chi connectivity index (χ4v) is 2.76. The molecular formula is C9H20N2O2S. The molecule has 0 spiro atoms. The molecule has 2 N–H and O–H groups in total. The Balaban J connectivity index is 2.58. The maximum Gasteiger partial charge on any atom is 0.276 e. The SMILES string of the molecule is CC(C)C1CCCN(S(N)(=O)=O)CC1. The summed E-state index contributed by atoms with van der Waals surface area (Å²) in [5.74, 6) is 1.28. The van der Waals surface area contributed by atoms with Crippen LogP contribution in [0.1, 0.15) is 33.1 Å². The van der Waals surface area contributed by atoms with Gasteiger partial charge in [-0.3, -0.25) is 0 Å². The third-order valence-electron chi connectivity index (χ3n) is 3.03. The molecule has 84 valence electrons. The van der Waals surface area contributed by atoms with Gasteiger partial charge in [0.1, 0.15) is 0 Å². The van der Waals surface area contributed by atoms with Crippen LogP contribution in [-0.4, -0.2) is 25.8 Å². The lowest BCUT2D eigenvalue weighted by atomic mass is 9.89. The Morgan fingerprint density at radius 2 is 1.93 bits per heavy atom. The van der Waals surface area contributed by atoms with Gasteiger partial charge in [0.25, 0.3) is 10.2 Å². The lowest BCUT2D eigenvalue weighted by Crippen LogP contribution is -2.37. The summed E-state index contributed by atoms with van der Waals surface area (Å²) in [5.41, 5.74) is 0. The predicted octanol–water partition coefficient (Wildman–Crippen LogP) is 0.948. The first kappa shape index (κ1) is 11.9. The van der Waals surface area contributed by atoms with Crippen LogP contribution in [0.15, 0.2) is 0 Å². The molecule has 1 aliphatic rings. The van der Waals surface area contributed by atoms with E-state index in [1.807, 2.05) is 0 Å². The molecule has 0 saturated carbocycles. The minimum absolute atomic E-state index is 0.585. The van der Waals surface area contributed by atoms with E-state index in [1.54, 1.807) is 0 Å². The van der Waals surface area contributed by atoms with Crippen LogP contribution < -0.4 is 5.14 Å². The minimum atomic E-state index is -3.47. The highest BCUT2D eigenvalue weighted by Gasteiger charge is 2.24. The highest BCUT2D eigenvalue weighted by molar-refractivity contribution is 7.86. The van der Waals surface area contributed by atoms with E-state index < -0.39 is 10.2 Å². The molecule has 1 aliphatic heterocycles. The molecule has 0 aromatic carbocycles. The van der Waals surface area contributed by atoms with Gasteiger partial charge in [0.05, 0.1) is 0 Å². The second-order valence-corrected chi connectivity index (χ2v) is 5.93. The van der Waals surface area contributed by atoms with Gasteiger partial charge in [-0.2, -0.15) is 12.7 Å². The van der Waals surface area contributed by atoms with Crippen molar-refractivity contribution in [2.75, 3.05) is 13.1 Å². The molecule has 0 radical (unpaired) electrons. The average Bonchev–Trinajstić information content (AvgIpc) is 2.26. The molecule has 1 fully saturated rings. The van der Waals surface area contributed by atoms with Gasteiger partial charge >= 0.3 is 0 Å². The highest BCUT2D eigenvalue weighted by Crippen LogP contribution is 2.24. The summed E-state index contributed by atoms with van der Waals surface area (Å²) in [7, 11) is -3.47. The first-order chi connectivity index (χ1) is 6.41. The normalized spacial score (nSPS) is 26.4. The minimum Gasteiger partial charge on any atom is -0.216 e. The van der Waals surface area contributed by atoms with Crippen LogP contribution in [0.4, 0.5) is 0 Å². The summed E-state index contributed by atoms with van der Waals surface area (Å²) in [6.07, 6.45) is 2.98. The molecule has 0 amide bonds. The fraction of sp³-hybridized carbons (Fsp3) is 1.00. The van der Waals surface area contributed by atoms with Crippen LogP contribution in [0, 0.1) is 11.8 Å². The summed E-state index contributed by atoms with van der Waals surface area (Å²) >= 11 is 0. The Morgan fingerprint density at radius 3 is 2.43 bits per heavy atom. The molecule has 0 aromatic rings. The maximum absolute atomic E-state index is 11.1. The van der Waals surface area contributed by atoms with Crippen LogP contribution in [0.2, 0.25) is 0 Å². The van der Waals surface area contributed by atoms with Gasteiger partial charge in [0, 0.05) is 13.1 Å². The van der Waals surface area contributed by atoms with Crippen molar-refractivity contribution < 1.29 is 8.42 Å². The van der Waals surface area contributed by atoms with Crippen molar-refractivity contribution in [3.05, 3.63) is 0 Å². The van der Waals surface area contributed by atoms with Crippen molar-refractivity contribution in [1.82, 2.24) is 4.31 Å². The zero-order chi connectivity index (χ0) is 10.8. The molecule has 1 saturated heterocycles. The average molecular weight is 220 g/mol. The molecule has 1 unspecified atom stereocenters. The molecule has 0 bridgehead atoms. The highest BCUT2D eigenvalue weighted by atomic mass is 32.2. The molecule has 4 nitrogen and oxygen atoms in total. The lowest BCUT2D eigenvalue weighted by molar-refractivity contribution is 0.341. The van der Waals surface area contributed by atoms with E-state index in [0.29, 0.717) is 24.9 Å². The van der Waals surface area contributed by atoms with Gasteiger partial charge in [-0.1, -0.05) is 13.8 Å². The van der Waals surface area contributed by atoms with Gasteiger partial charge in [-0.15, -0.1) is 0 Å². The van der Waals surface area contributed by atoms with Gasteiger partial charge in [0.2, 0.25) is 0 Å². The van der Waals surface area contributed by atoms with E-state index in [0.717, 1.165) is 19.3 Å². The van der Waals surface area contributed by atoms with Crippen molar-refractivity contribution in [2.45, 2.75) is 33.1 Å². The quantitative estimate of drug-likeness (QED) is 0.753. The monoisotopic (exact) mass is 220 g/mol. The van der Waals surface area contributed by atoms with Gasteiger partial charge in [-0.05, 0) is 31.1 Å². The number of hydrogen-bond donors (Lipinski definition) is 1. The van der Waals surface area contributed by atoms with Crippen molar-refractivity contribution >= 4 is 10.2 Å². The lowest BCUT2D eigenvalue weighted by Gasteiger charge is -2.19. The Morgan fingerprint density at radius 1 is 1.29 bits per heavy atom. The van der Waals surface area contributed by atoms with Crippen molar-refractivity contribution in [2.24, 2.45) is 17.0 Å². The summed E-state index contributed by atoms with van der Waals surface area (Å²) < 4.78 is 23.6. The first-order valence-corrected chi connectivity index (χ1v) is 6.69. The van der Waals surface area contributed by atoms with Gasteiger partial charge < -0.3 is 0 Å². The Kier molecular flexibility index (Phi) is 3.92. The van der Waals surface area contributed by atoms with Crippen molar-refractivity contribution in [3.8, 4) is 0 Å². The second-order valence-electron chi connectivity index (χ2n) is 4.38. The summed E-state index contributed by atoms with van der Waals surface area (Å²) in [6.45, 7) is 5.55.